The van der Waals surface area contributed by atoms with Crippen molar-refractivity contribution in [1.82, 2.24) is 14.8 Å². The number of carbonyl (C=O) groups excluding carboxylic acids is 2. The molecule has 158 valence electrons. The number of thioether (sulfide) groups is 1. The number of nitrogens with zero attached hydrogens (tertiary/aromatic N) is 4. The van der Waals surface area contributed by atoms with E-state index in [4.69, 9.17) is 0 Å². The summed E-state index contributed by atoms with van der Waals surface area (Å²) in [5.74, 6) is 1.47. The normalized spacial score (nSPS) is 18.3. The van der Waals surface area contributed by atoms with Gasteiger partial charge >= 0.3 is 0 Å². The van der Waals surface area contributed by atoms with Gasteiger partial charge in [0.25, 0.3) is 0 Å². The first-order valence-electron chi connectivity index (χ1n) is 10.5. The minimum absolute atomic E-state index is 0.0583. The van der Waals surface area contributed by atoms with Crippen LogP contribution in [-0.2, 0) is 9.59 Å². The van der Waals surface area contributed by atoms with E-state index >= 15 is 0 Å². The smallest absolute Gasteiger partial charge is 0.237 e. The highest BCUT2D eigenvalue weighted by Gasteiger charge is 2.32. The molecule has 2 heterocycles. The van der Waals surface area contributed by atoms with Crippen molar-refractivity contribution >= 4 is 35.0 Å². The summed E-state index contributed by atoms with van der Waals surface area (Å²) in [7, 11) is 0. The van der Waals surface area contributed by atoms with E-state index in [1.54, 1.807) is 4.90 Å². The molecule has 1 fully saturated rings. The number of hydrogen-bond acceptors (Lipinski definition) is 5. The van der Waals surface area contributed by atoms with Crippen molar-refractivity contribution in [3.05, 3.63) is 60.4 Å². The molecular formula is C23H23N5O2S. The van der Waals surface area contributed by atoms with Gasteiger partial charge in [0, 0.05) is 24.1 Å². The minimum atomic E-state index is -0.231. The van der Waals surface area contributed by atoms with Crippen LogP contribution < -0.4 is 10.2 Å². The first-order valence-corrected chi connectivity index (χ1v) is 11.4. The van der Waals surface area contributed by atoms with Crippen LogP contribution in [-0.4, -0.2) is 38.4 Å². The predicted octanol–water partition coefficient (Wildman–Crippen LogP) is 4.00. The van der Waals surface area contributed by atoms with Crippen LogP contribution >= 0.6 is 11.8 Å². The largest absolute Gasteiger partial charge is 0.324 e. The molecule has 2 amide bonds. The summed E-state index contributed by atoms with van der Waals surface area (Å²) >= 11 is 1.39. The van der Waals surface area contributed by atoms with E-state index in [9.17, 15) is 9.59 Å². The van der Waals surface area contributed by atoms with Crippen LogP contribution in [0.3, 0.4) is 0 Å². The Hall–Kier alpha value is -3.13. The number of nitrogens with one attached hydrogen (secondary N) is 1. The van der Waals surface area contributed by atoms with Crippen LogP contribution in [0.4, 0.5) is 11.4 Å². The molecule has 1 N–H and O–H groups in total. The Labute approximate surface area is 184 Å². The molecule has 2 aromatic carbocycles. The van der Waals surface area contributed by atoms with Gasteiger partial charge in [-0.05, 0) is 44.0 Å². The van der Waals surface area contributed by atoms with Gasteiger partial charge in [-0.1, -0.05) is 42.1 Å². The summed E-state index contributed by atoms with van der Waals surface area (Å²) in [5, 5.41) is 12.4. The summed E-state index contributed by atoms with van der Waals surface area (Å²) in [4.78, 5) is 27.2. The summed E-state index contributed by atoms with van der Waals surface area (Å²) in [6.07, 6.45) is 2.51. The molecule has 0 unspecified atom stereocenters. The molecule has 1 atom stereocenters. The second-order valence-corrected chi connectivity index (χ2v) is 8.90. The summed E-state index contributed by atoms with van der Waals surface area (Å²) < 4.78 is 2.07. The zero-order chi connectivity index (χ0) is 21.4. The first-order chi connectivity index (χ1) is 15.1. The Kier molecular flexibility index (Phi) is 5.23. The predicted molar refractivity (Wildman–Crippen MR) is 121 cm³/mol. The van der Waals surface area contributed by atoms with Crippen LogP contribution in [0.25, 0.3) is 5.69 Å². The van der Waals surface area contributed by atoms with E-state index in [-0.39, 0.29) is 30.0 Å². The third-order valence-corrected chi connectivity index (χ3v) is 6.48. The number of amides is 2. The number of hydrogen-bond donors (Lipinski definition) is 1. The average Bonchev–Trinajstić information content (AvgIpc) is 3.54. The van der Waals surface area contributed by atoms with Gasteiger partial charge in [-0.2, -0.15) is 0 Å². The highest BCUT2D eigenvalue weighted by molar-refractivity contribution is 7.99. The number of fused-ring (bicyclic) bond motifs is 1. The Morgan fingerprint density at radius 1 is 1.10 bits per heavy atom. The van der Waals surface area contributed by atoms with E-state index in [0.29, 0.717) is 16.8 Å². The lowest BCUT2D eigenvalue weighted by Gasteiger charge is -2.27. The number of para-hydroxylation sites is 3. The molecule has 31 heavy (non-hydrogen) atoms. The molecule has 5 rings (SSSR count). The lowest BCUT2D eigenvalue weighted by molar-refractivity contribution is -0.117. The molecule has 0 spiro atoms. The van der Waals surface area contributed by atoms with E-state index in [1.807, 2.05) is 61.5 Å². The molecule has 1 aliphatic heterocycles. The molecule has 0 bridgehead atoms. The molecule has 1 aliphatic carbocycles. The molecular weight excluding hydrogens is 410 g/mol. The fourth-order valence-corrected chi connectivity index (χ4v) is 4.78. The third-order valence-electron chi connectivity index (χ3n) is 5.57. The molecule has 3 aromatic rings. The van der Waals surface area contributed by atoms with E-state index in [0.717, 1.165) is 30.0 Å². The Morgan fingerprint density at radius 3 is 2.61 bits per heavy atom. The summed E-state index contributed by atoms with van der Waals surface area (Å²) in [5.41, 5.74) is 2.40. The van der Waals surface area contributed by atoms with Crippen molar-refractivity contribution in [2.75, 3.05) is 16.0 Å². The number of benzene rings is 2. The highest BCUT2D eigenvalue weighted by Crippen LogP contribution is 2.41. The molecule has 0 radical (unpaired) electrons. The van der Waals surface area contributed by atoms with Crippen LogP contribution in [0.5, 0.6) is 0 Å². The van der Waals surface area contributed by atoms with Gasteiger partial charge in [0.05, 0.1) is 17.1 Å². The number of rotatable bonds is 5. The maximum atomic E-state index is 13.3. The van der Waals surface area contributed by atoms with E-state index < -0.39 is 0 Å². The monoisotopic (exact) mass is 433 g/mol. The molecule has 2 aliphatic rings. The van der Waals surface area contributed by atoms with Gasteiger partial charge in [0.2, 0.25) is 11.8 Å². The van der Waals surface area contributed by atoms with Gasteiger partial charge in [0.15, 0.2) is 5.16 Å². The van der Waals surface area contributed by atoms with E-state index in [2.05, 4.69) is 20.1 Å². The zero-order valence-corrected chi connectivity index (χ0v) is 18.0. The van der Waals surface area contributed by atoms with E-state index in [1.165, 1.54) is 11.8 Å². The Morgan fingerprint density at radius 2 is 1.84 bits per heavy atom. The van der Waals surface area contributed by atoms with Gasteiger partial charge < -0.3 is 10.2 Å². The fraction of sp³-hybridized carbons (Fsp3) is 0.304. The van der Waals surface area contributed by atoms with Crippen molar-refractivity contribution < 1.29 is 9.59 Å². The summed E-state index contributed by atoms with van der Waals surface area (Å²) in [6, 6.07) is 17.2. The van der Waals surface area contributed by atoms with Gasteiger partial charge in [-0.25, -0.2) is 0 Å². The quantitative estimate of drug-likeness (QED) is 0.615. The second-order valence-electron chi connectivity index (χ2n) is 7.96. The fourth-order valence-electron chi connectivity index (χ4n) is 3.96. The first kappa shape index (κ1) is 19.8. The van der Waals surface area contributed by atoms with Crippen LogP contribution in [0.1, 0.15) is 37.9 Å². The van der Waals surface area contributed by atoms with Crippen LogP contribution in [0, 0.1) is 0 Å². The van der Waals surface area contributed by atoms with Crippen molar-refractivity contribution in [1.29, 1.82) is 0 Å². The van der Waals surface area contributed by atoms with Gasteiger partial charge in [-0.3, -0.25) is 14.2 Å². The lowest BCUT2D eigenvalue weighted by Crippen LogP contribution is -2.40. The van der Waals surface area contributed by atoms with Gasteiger partial charge in [-0.15, -0.1) is 10.2 Å². The average molecular weight is 434 g/mol. The van der Waals surface area contributed by atoms with Gasteiger partial charge in [0.1, 0.15) is 5.82 Å². The number of carbonyl (C=O) groups is 2. The Balaban J connectivity index is 1.41. The molecule has 8 heteroatoms. The van der Waals surface area contributed by atoms with Crippen molar-refractivity contribution in [2.45, 2.75) is 43.3 Å². The SMILES string of the molecule is C[C@@H]1CC(=O)Nc2ccccc2N1C(=O)CSc1nnc(C2CC2)n1-c1ccccc1. The highest BCUT2D eigenvalue weighted by atomic mass is 32.2. The van der Waals surface area contributed by atoms with Crippen molar-refractivity contribution in [3.8, 4) is 5.69 Å². The van der Waals surface area contributed by atoms with Crippen LogP contribution in [0.15, 0.2) is 59.8 Å². The van der Waals surface area contributed by atoms with Crippen molar-refractivity contribution in [3.63, 3.8) is 0 Å². The Bertz CT molecular complexity index is 1130. The molecule has 0 saturated heterocycles. The second kappa shape index (κ2) is 8.19. The van der Waals surface area contributed by atoms with Crippen LogP contribution in [0.2, 0.25) is 0 Å². The maximum Gasteiger partial charge on any atom is 0.237 e. The van der Waals surface area contributed by atoms with Crippen molar-refractivity contribution in [2.24, 2.45) is 0 Å². The topological polar surface area (TPSA) is 80.1 Å². The molecule has 1 saturated carbocycles. The number of anilines is 2. The summed E-state index contributed by atoms with van der Waals surface area (Å²) in [6.45, 7) is 1.90. The minimum Gasteiger partial charge on any atom is -0.324 e. The maximum absolute atomic E-state index is 13.3. The molecule has 7 nitrogen and oxygen atoms in total. The zero-order valence-electron chi connectivity index (χ0n) is 17.2. The lowest BCUT2D eigenvalue weighted by atomic mass is 10.2. The molecule has 1 aromatic heterocycles. The third kappa shape index (κ3) is 3.95. The standard InChI is InChI=1S/C23H23N5O2S/c1-15-13-20(29)24-18-9-5-6-10-19(18)27(15)21(30)14-31-23-26-25-22(16-11-12-16)28(23)17-7-3-2-4-8-17/h2-10,15-16H,11-14H2,1H3,(H,24,29)/t15-/m1/s1. The number of aromatic nitrogens is 3.